The van der Waals surface area contributed by atoms with E-state index < -0.39 is 11.6 Å². The molecule has 2 fully saturated rings. The number of amides is 1. The zero-order chi connectivity index (χ0) is 19.3. The van der Waals surface area contributed by atoms with Crippen LogP contribution in [0.2, 0.25) is 0 Å². The first kappa shape index (κ1) is 17.9. The third-order valence-corrected chi connectivity index (χ3v) is 7.24. The van der Waals surface area contributed by atoms with Gasteiger partial charge in [0.05, 0.1) is 6.61 Å². The summed E-state index contributed by atoms with van der Waals surface area (Å²) in [6, 6.07) is 7.18. The third kappa shape index (κ3) is 2.97. The van der Waals surface area contributed by atoms with E-state index in [2.05, 4.69) is 10.2 Å². The Balaban J connectivity index is 1.53. The number of rotatable bonds is 2. The van der Waals surface area contributed by atoms with E-state index in [1.54, 1.807) is 6.07 Å². The number of ether oxygens (including phenoxy) is 1. The van der Waals surface area contributed by atoms with Gasteiger partial charge in [0.25, 0.3) is 5.91 Å². The molecule has 0 aromatic heterocycles. The predicted molar refractivity (Wildman–Crippen MR) is 106 cm³/mol. The molecule has 4 nitrogen and oxygen atoms in total. The maximum absolute atomic E-state index is 14.4. The van der Waals surface area contributed by atoms with Crippen LogP contribution in [0.5, 0.6) is 0 Å². The molecular weight excluding hydrogens is 382 g/mol. The number of hydrogen-bond acceptors (Lipinski definition) is 4. The van der Waals surface area contributed by atoms with Crippen LogP contribution in [0, 0.1) is 11.6 Å². The zero-order valence-electron chi connectivity index (χ0n) is 15.3. The molecule has 0 radical (unpaired) electrons. The summed E-state index contributed by atoms with van der Waals surface area (Å²) in [5.74, 6) is -0.357. The van der Waals surface area contributed by atoms with E-state index in [9.17, 15) is 13.6 Å². The maximum atomic E-state index is 14.4. The second-order valence-corrected chi connectivity index (χ2v) is 8.86. The van der Waals surface area contributed by atoms with Crippen molar-refractivity contribution in [2.24, 2.45) is 0 Å². The van der Waals surface area contributed by atoms with Crippen LogP contribution >= 0.6 is 11.8 Å². The lowest BCUT2D eigenvalue weighted by Crippen LogP contribution is -2.42. The molecule has 146 valence electrons. The van der Waals surface area contributed by atoms with Gasteiger partial charge in [-0.15, -0.1) is 11.8 Å². The number of fused-ring (bicyclic) bond motifs is 1. The number of halogens is 2. The first-order valence-corrected chi connectivity index (χ1v) is 10.5. The Morgan fingerprint density at radius 3 is 2.64 bits per heavy atom. The van der Waals surface area contributed by atoms with Crippen LogP contribution in [0.3, 0.4) is 0 Å². The van der Waals surface area contributed by atoms with Crippen LogP contribution in [0.15, 0.2) is 30.3 Å². The largest absolute Gasteiger partial charge is 0.371 e. The Morgan fingerprint density at radius 1 is 1.11 bits per heavy atom. The highest BCUT2D eigenvalue weighted by Crippen LogP contribution is 2.43. The van der Waals surface area contributed by atoms with E-state index in [1.807, 2.05) is 17.8 Å². The molecular formula is C21H20F2N2O2S. The molecule has 2 aromatic carbocycles. The lowest BCUT2D eigenvalue weighted by molar-refractivity contribution is 0.0335. The quantitative estimate of drug-likeness (QED) is 0.826. The second kappa shape index (κ2) is 6.74. The first-order chi connectivity index (χ1) is 13.5. The molecule has 0 saturated carbocycles. The van der Waals surface area contributed by atoms with Crippen LogP contribution in [0.25, 0.3) is 11.1 Å². The van der Waals surface area contributed by atoms with E-state index in [-0.39, 0.29) is 10.8 Å². The number of hydrogen-bond donors (Lipinski definition) is 1. The van der Waals surface area contributed by atoms with Crippen molar-refractivity contribution in [3.8, 4) is 11.1 Å². The summed E-state index contributed by atoms with van der Waals surface area (Å²) >= 11 is 1.89. The van der Waals surface area contributed by atoms with E-state index >= 15 is 0 Å². The van der Waals surface area contributed by atoms with Crippen LogP contribution in [0.4, 0.5) is 14.5 Å². The molecule has 0 atom stereocenters. The molecule has 3 aliphatic heterocycles. The molecule has 3 aliphatic rings. The summed E-state index contributed by atoms with van der Waals surface area (Å²) in [5, 5.41) is 2.87. The minimum atomic E-state index is -0.627. The van der Waals surface area contributed by atoms with Crippen molar-refractivity contribution < 1.29 is 18.3 Å². The van der Waals surface area contributed by atoms with Gasteiger partial charge in [-0.25, -0.2) is 8.78 Å². The number of thioether (sulfide) groups is 1. The molecule has 0 bridgehead atoms. The summed E-state index contributed by atoms with van der Waals surface area (Å²) in [7, 11) is 0. The molecule has 1 N–H and O–H groups in total. The van der Waals surface area contributed by atoms with Gasteiger partial charge < -0.3 is 15.0 Å². The topological polar surface area (TPSA) is 41.6 Å². The molecule has 1 amide bonds. The van der Waals surface area contributed by atoms with Gasteiger partial charge in [0.1, 0.15) is 16.6 Å². The summed E-state index contributed by atoms with van der Waals surface area (Å²) < 4.78 is 33.7. The van der Waals surface area contributed by atoms with Crippen LogP contribution < -0.4 is 10.2 Å². The van der Waals surface area contributed by atoms with Gasteiger partial charge in [-0.2, -0.15) is 0 Å². The predicted octanol–water partition coefficient (Wildman–Crippen LogP) is 3.94. The van der Waals surface area contributed by atoms with Gasteiger partial charge in [-0.05, 0) is 29.8 Å². The Kier molecular flexibility index (Phi) is 4.32. The third-order valence-electron chi connectivity index (χ3n) is 5.82. The molecule has 0 unspecified atom stereocenters. The van der Waals surface area contributed by atoms with Gasteiger partial charge in [-0.3, -0.25) is 4.79 Å². The lowest BCUT2D eigenvalue weighted by atomic mass is 9.96. The Morgan fingerprint density at radius 2 is 1.93 bits per heavy atom. The second-order valence-electron chi connectivity index (χ2n) is 7.42. The maximum Gasteiger partial charge on any atom is 0.251 e. The van der Waals surface area contributed by atoms with Crippen LogP contribution in [-0.2, 0) is 11.3 Å². The molecule has 1 spiro atoms. The fraction of sp³-hybridized carbons (Fsp3) is 0.381. The normalized spacial score (nSPS) is 20.5. The van der Waals surface area contributed by atoms with Crippen molar-refractivity contribution in [3.05, 3.63) is 53.1 Å². The average molecular weight is 402 g/mol. The van der Waals surface area contributed by atoms with Crippen LogP contribution in [0.1, 0.15) is 28.8 Å². The van der Waals surface area contributed by atoms with Crippen molar-refractivity contribution in [2.75, 3.05) is 30.3 Å². The molecule has 2 saturated heterocycles. The number of benzene rings is 2. The smallest absolute Gasteiger partial charge is 0.251 e. The zero-order valence-corrected chi connectivity index (χ0v) is 16.1. The van der Waals surface area contributed by atoms with E-state index in [1.165, 1.54) is 12.1 Å². The minimum absolute atomic E-state index is 0.0750. The van der Waals surface area contributed by atoms with Crippen molar-refractivity contribution in [1.29, 1.82) is 0 Å². The van der Waals surface area contributed by atoms with Crippen molar-refractivity contribution >= 4 is 23.4 Å². The Labute approximate surface area is 166 Å². The molecule has 7 heteroatoms. The fourth-order valence-electron chi connectivity index (χ4n) is 4.34. The van der Waals surface area contributed by atoms with Crippen molar-refractivity contribution in [1.82, 2.24) is 5.32 Å². The SMILES string of the molecule is O=C1NCc2c1cc(-c1ccc(F)cc1F)cc2N1CCC2(CC1)OCCS2. The molecule has 3 heterocycles. The van der Waals surface area contributed by atoms with E-state index in [0.717, 1.165) is 55.6 Å². The summed E-state index contributed by atoms with van der Waals surface area (Å²) in [5.41, 5.74) is 3.37. The number of anilines is 1. The molecule has 5 rings (SSSR count). The molecule has 0 aliphatic carbocycles. The number of nitrogens with zero attached hydrogens (tertiary/aromatic N) is 1. The molecule has 28 heavy (non-hydrogen) atoms. The Hall–Kier alpha value is -2.12. The highest BCUT2D eigenvalue weighted by molar-refractivity contribution is 8.00. The fourth-order valence-corrected chi connectivity index (χ4v) is 5.52. The number of carbonyl (C=O) groups excluding carboxylic acids is 1. The monoisotopic (exact) mass is 402 g/mol. The summed E-state index contributed by atoms with van der Waals surface area (Å²) in [6.45, 7) is 2.92. The van der Waals surface area contributed by atoms with Gasteiger partial charge >= 0.3 is 0 Å². The number of piperidine rings is 1. The first-order valence-electron chi connectivity index (χ1n) is 9.48. The van der Waals surface area contributed by atoms with Gasteiger partial charge in [-0.1, -0.05) is 0 Å². The average Bonchev–Trinajstić information content (AvgIpc) is 3.29. The lowest BCUT2D eigenvalue weighted by Gasteiger charge is -2.39. The highest BCUT2D eigenvalue weighted by Gasteiger charge is 2.40. The van der Waals surface area contributed by atoms with E-state index in [0.29, 0.717) is 23.2 Å². The van der Waals surface area contributed by atoms with Crippen molar-refractivity contribution in [3.63, 3.8) is 0 Å². The standard InChI is InChI=1S/C21H20F2N2O2S/c22-14-1-2-15(18(23)11-14)13-9-16-17(12-24-20(16)26)19(10-13)25-5-3-21(4-6-25)27-7-8-28-21/h1-2,9-11H,3-8,12H2,(H,24,26). The Bertz CT molecular complexity index is 950. The van der Waals surface area contributed by atoms with Gasteiger partial charge in [0.2, 0.25) is 0 Å². The van der Waals surface area contributed by atoms with Gasteiger partial charge in [0, 0.05) is 66.7 Å². The van der Waals surface area contributed by atoms with Gasteiger partial charge in [0.15, 0.2) is 0 Å². The van der Waals surface area contributed by atoms with Crippen LogP contribution in [-0.4, -0.2) is 36.3 Å². The number of nitrogens with one attached hydrogen (secondary N) is 1. The van der Waals surface area contributed by atoms with Crippen molar-refractivity contribution in [2.45, 2.75) is 24.3 Å². The van der Waals surface area contributed by atoms with E-state index in [4.69, 9.17) is 4.74 Å². The summed E-state index contributed by atoms with van der Waals surface area (Å²) in [4.78, 5) is 14.5. The number of carbonyl (C=O) groups is 1. The summed E-state index contributed by atoms with van der Waals surface area (Å²) in [6.07, 6.45) is 1.84. The highest BCUT2D eigenvalue weighted by atomic mass is 32.2. The molecule has 2 aromatic rings. The minimum Gasteiger partial charge on any atom is -0.371 e.